The highest BCUT2D eigenvalue weighted by molar-refractivity contribution is 7.11. The fourth-order valence-corrected chi connectivity index (χ4v) is 2.35. The molecule has 0 atom stereocenters. The minimum Gasteiger partial charge on any atom is -0.482 e. The van der Waals surface area contributed by atoms with Gasteiger partial charge in [-0.05, 0) is 29.6 Å². The molecule has 1 aromatic heterocycles. The van der Waals surface area contributed by atoms with Gasteiger partial charge in [0.25, 0.3) is 5.91 Å². The summed E-state index contributed by atoms with van der Waals surface area (Å²) in [6, 6.07) is 8.58. The van der Waals surface area contributed by atoms with Gasteiger partial charge < -0.3 is 4.74 Å². The van der Waals surface area contributed by atoms with Crippen LogP contribution in [0, 0.1) is 0 Å². The van der Waals surface area contributed by atoms with Gasteiger partial charge in [-0.2, -0.15) is 5.10 Å². The molecular formula is C13H10Cl2N2O2S. The lowest BCUT2D eigenvalue weighted by molar-refractivity contribution is -0.123. The molecule has 2 aromatic rings. The molecule has 1 aromatic carbocycles. The molecule has 0 aliphatic carbocycles. The first-order valence-corrected chi connectivity index (χ1v) is 7.22. The number of nitrogens with one attached hydrogen (secondary N) is 1. The van der Waals surface area contributed by atoms with Crippen molar-refractivity contribution >= 4 is 46.7 Å². The smallest absolute Gasteiger partial charge is 0.277 e. The number of hydrogen-bond donors (Lipinski definition) is 1. The molecule has 0 fully saturated rings. The Hall–Kier alpha value is -1.56. The van der Waals surface area contributed by atoms with Crippen LogP contribution in [-0.4, -0.2) is 18.7 Å². The molecule has 20 heavy (non-hydrogen) atoms. The van der Waals surface area contributed by atoms with E-state index >= 15 is 0 Å². The van der Waals surface area contributed by atoms with Crippen molar-refractivity contribution in [1.29, 1.82) is 0 Å². The lowest BCUT2D eigenvalue weighted by Crippen LogP contribution is -2.24. The van der Waals surface area contributed by atoms with Gasteiger partial charge in [-0.3, -0.25) is 4.79 Å². The second-order valence-corrected chi connectivity index (χ2v) is 5.49. The van der Waals surface area contributed by atoms with E-state index in [-0.39, 0.29) is 12.5 Å². The fraction of sp³-hybridized carbons (Fsp3) is 0.0769. The molecule has 0 saturated carbocycles. The van der Waals surface area contributed by atoms with E-state index in [1.165, 1.54) is 11.3 Å². The van der Waals surface area contributed by atoms with Crippen LogP contribution in [0.15, 0.2) is 40.8 Å². The monoisotopic (exact) mass is 328 g/mol. The molecule has 0 spiro atoms. The summed E-state index contributed by atoms with van der Waals surface area (Å²) in [5.74, 6) is 0.0253. The summed E-state index contributed by atoms with van der Waals surface area (Å²) in [5, 5.41) is 6.60. The minimum atomic E-state index is -0.371. The summed E-state index contributed by atoms with van der Waals surface area (Å²) < 4.78 is 5.27. The van der Waals surface area contributed by atoms with Crippen LogP contribution in [0.5, 0.6) is 5.75 Å². The SMILES string of the molecule is O=C(COc1ccc(Cl)cc1Cl)N/N=C\c1cccs1. The van der Waals surface area contributed by atoms with Gasteiger partial charge in [-0.25, -0.2) is 5.43 Å². The van der Waals surface area contributed by atoms with Crippen LogP contribution < -0.4 is 10.2 Å². The highest BCUT2D eigenvalue weighted by Gasteiger charge is 2.05. The summed E-state index contributed by atoms with van der Waals surface area (Å²) in [7, 11) is 0. The van der Waals surface area contributed by atoms with Crippen LogP contribution in [0.4, 0.5) is 0 Å². The number of nitrogens with zero attached hydrogens (tertiary/aromatic N) is 1. The Morgan fingerprint density at radius 1 is 1.40 bits per heavy atom. The van der Waals surface area contributed by atoms with E-state index in [1.807, 2.05) is 17.5 Å². The van der Waals surface area contributed by atoms with Gasteiger partial charge >= 0.3 is 0 Å². The average Bonchev–Trinajstić information content (AvgIpc) is 2.91. The van der Waals surface area contributed by atoms with Crippen molar-refractivity contribution in [3.63, 3.8) is 0 Å². The van der Waals surface area contributed by atoms with E-state index in [9.17, 15) is 4.79 Å². The number of thiophene rings is 1. The predicted octanol–water partition coefficient (Wildman–Crippen LogP) is 3.58. The molecule has 0 aliphatic rings. The van der Waals surface area contributed by atoms with E-state index in [2.05, 4.69) is 10.5 Å². The maximum atomic E-state index is 11.5. The first-order valence-electron chi connectivity index (χ1n) is 5.58. The van der Waals surface area contributed by atoms with Crippen LogP contribution >= 0.6 is 34.5 Å². The maximum absolute atomic E-state index is 11.5. The summed E-state index contributed by atoms with van der Waals surface area (Å²) >= 11 is 13.2. The second-order valence-electron chi connectivity index (χ2n) is 3.67. The van der Waals surface area contributed by atoms with Crippen LogP contribution in [0.25, 0.3) is 0 Å². The van der Waals surface area contributed by atoms with Gasteiger partial charge in [0.2, 0.25) is 0 Å². The Morgan fingerprint density at radius 3 is 2.95 bits per heavy atom. The third-order valence-corrected chi connectivity index (χ3v) is 3.51. The van der Waals surface area contributed by atoms with Crippen molar-refractivity contribution in [1.82, 2.24) is 5.43 Å². The van der Waals surface area contributed by atoms with Crippen molar-refractivity contribution in [2.24, 2.45) is 5.10 Å². The number of hydrazone groups is 1. The Labute approximate surface area is 130 Å². The zero-order valence-corrected chi connectivity index (χ0v) is 12.5. The lowest BCUT2D eigenvalue weighted by atomic mass is 10.3. The minimum absolute atomic E-state index is 0.177. The predicted molar refractivity (Wildman–Crippen MR) is 82.0 cm³/mol. The summed E-state index contributed by atoms with van der Waals surface area (Å²) in [4.78, 5) is 12.5. The quantitative estimate of drug-likeness (QED) is 0.673. The maximum Gasteiger partial charge on any atom is 0.277 e. The number of carbonyl (C=O) groups is 1. The molecule has 1 amide bonds. The van der Waals surface area contributed by atoms with Crippen LogP contribution in [0.1, 0.15) is 4.88 Å². The first-order chi connectivity index (χ1) is 9.65. The summed E-state index contributed by atoms with van der Waals surface area (Å²) in [6.45, 7) is -0.177. The van der Waals surface area contributed by atoms with Crippen molar-refractivity contribution in [3.05, 3.63) is 50.6 Å². The molecule has 104 valence electrons. The number of amides is 1. The Balaban J connectivity index is 1.80. The number of benzene rings is 1. The van der Waals surface area contributed by atoms with Crippen molar-refractivity contribution in [2.45, 2.75) is 0 Å². The van der Waals surface area contributed by atoms with Gasteiger partial charge in [0.15, 0.2) is 6.61 Å². The molecule has 0 bridgehead atoms. The van der Waals surface area contributed by atoms with E-state index in [0.717, 1.165) is 4.88 Å². The Morgan fingerprint density at radius 2 is 2.25 bits per heavy atom. The Bertz CT molecular complexity index is 615. The molecule has 0 aliphatic heterocycles. The summed E-state index contributed by atoms with van der Waals surface area (Å²) in [5.41, 5.74) is 2.37. The van der Waals surface area contributed by atoms with E-state index in [4.69, 9.17) is 27.9 Å². The standard InChI is InChI=1S/C13H10Cl2N2O2S/c14-9-3-4-12(11(15)6-9)19-8-13(18)17-16-7-10-2-1-5-20-10/h1-7H,8H2,(H,17,18)/b16-7-. The normalized spacial score (nSPS) is 10.7. The molecule has 1 heterocycles. The molecule has 0 radical (unpaired) electrons. The van der Waals surface area contributed by atoms with Crippen molar-refractivity contribution in [3.8, 4) is 5.75 Å². The highest BCUT2D eigenvalue weighted by Crippen LogP contribution is 2.27. The third-order valence-electron chi connectivity index (χ3n) is 2.18. The second kappa shape index (κ2) is 7.28. The van der Waals surface area contributed by atoms with E-state index in [1.54, 1.807) is 24.4 Å². The molecule has 4 nitrogen and oxygen atoms in total. The van der Waals surface area contributed by atoms with Gasteiger partial charge in [-0.1, -0.05) is 29.3 Å². The molecular weight excluding hydrogens is 319 g/mol. The topological polar surface area (TPSA) is 50.7 Å². The lowest BCUT2D eigenvalue weighted by Gasteiger charge is -2.06. The van der Waals surface area contributed by atoms with Crippen molar-refractivity contribution < 1.29 is 9.53 Å². The molecule has 1 N–H and O–H groups in total. The van der Waals surface area contributed by atoms with E-state index in [0.29, 0.717) is 15.8 Å². The van der Waals surface area contributed by atoms with Crippen LogP contribution in [0.3, 0.4) is 0 Å². The fourth-order valence-electron chi connectivity index (χ4n) is 1.30. The molecule has 0 saturated heterocycles. The number of hydrogen-bond acceptors (Lipinski definition) is 4. The van der Waals surface area contributed by atoms with Crippen molar-refractivity contribution in [2.75, 3.05) is 6.61 Å². The number of halogens is 2. The van der Waals surface area contributed by atoms with Gasteiger partial charge in [0.1, 0.15) is 5.75 Å². The van der Waals surface area contributed by atoms with Gasteiger partial charge in [0.05, 0.1) is 11.2 Å². The largest absolute Gasteiger partial charge is 0.482 e. The number of rotatable bonds is 5. The Kier molecular flexibility index (Phi) is 5.40. The van der Waals surface area contributed by atoms with Crippen LogP contribution in [-0.2, 0) is 4.79 Å². The van der Waals surface area contributed by atoms with E-state index < -0.39 is 0 Å². The summed E-state index contributed by atoms with van der Waals surface area (Å²) in [6.07, 6.45) is 1.57. The van der Waals surface area contributed by atoms with Gasteiger partial charge in [-0.15, -0.1) is 11.3 Å². The zero-order valence-electron chi connectivity index (χ0n) is 10.2. The molecule has 7 heteroatoms. The third kappa shape index (κ3) is 4.52. The van der Waals surface area contributed by atoms with Crippen LogP contribution in [0.2, 0.25) is 10.0 Å². The average molecular weight is 329 g/mol. The first kappa shape index (κ1) is 14.8. The molecule has 0 unspecified atom stereocenters. The number of carbonyl (C=O) groups excluding carboxylic acids is 1. The van der Waals surface area contributed by atoms with Gasteiger partial charge in [0, 0.05) is 9.90 Å². The highest BCUT2D eigenvalue weighted by atomic mass is 35.5. The zero-order chi connectivity index (χ0) is 14.4. The molecule has 2 rings (SSSR count). The number of ether oxygens (including phenoxy) is 1.